The van der Waals surface area contributed by atoms with Crippen LogP contribution in [0.15, 0.2) is 0 Å². The van der Waals surface area contributed by atoms with Gasteiger partial charge in [0.15, 0.2) is 0 Å². The van der Waals surface area contributed by atoms with Crippen molar-refractivity contribution in [2.24, 2.45) is 0 Å². The molecule has 0 aromatic rings. The lowest BCUT2D eigenvalue weighted by atomic mass is 10.6. The van der Waals surface area contributed by atoms with E-state index < -0.39 is 0 Å². The van der Waals surface area contributed by atoms with Crippen molar-refractivity contribution >= 4 is 11.8 Å². The van der Waals surface area contributed by atoms with Gasteiger partial charge in [-0.05, 0) is 17.9 Å². The molecule has 0 saturated carbocycles. The summed E-state index contributed by atoms with van der Waals surface area (Å²) in [6.07, 6.45) is 1.32. The van der Waals surface area contributed by atoms with Crippen molar-refractivity contribution in [2.45, 2.75) is 20.3 Å². The third-order valence-corrected chi connectivity index (χ3v) is 1.66. The fourth-order valence-electron chi connectivity index (χ4n) is 0.289. The van der Waals surface area contributed by atoms with Gasteiger partial charge in [0.05, 0.1) is 0 Å². The van der Waals surface area contributed by atoms with Gasteiger partial charge in [0, 0.05) is 0 Å². The second-order valence-corrected chi connectivity index (χ2v) is 2.59. The van der Waals surface area contributed by atoms with Crippen LogP contribution in [0.4, 0.5) is 0 Å². The van der Waals surface area contributed by atoms with Crippen LogP contribution in [0.1, 0.15) is 20.3 Å². The Morgan fingerprint density at radius 3 is 2.00 bits per heavy atom. The minimum Gasteiger partial charge on any atom is -0.344 e. The zero-order valence-corrected chi connectivity index (χ0v) is 6.05. The van der Waals surface area contributed by atoms with E-state index in [2.05, 4.69) is 13.8 Å². The molecule has 0 rings (SSSR count). The van der Waals surface area contributed by atoms with E-state index in [0.29, 0.717) is 0 Å². The van der Waals surface area contributed by atoms with Gasteiger partial charge in [0.25, 0.3) is 0 Å². The monoisotopic (exact) mass is 121 g/mol. The fourth-order valence-corrected chi connectivity index (χ4v) is 0.866. The third kappa shape index (κ3) is 10.7. The first-order chi connectivity index (χ1) is 2.91. The van der Waals surface area contributed by atoms with E-state index in [1.807, 2.05) is 11.8 Å². The van der Waals surface area contributed by atoms with Crippen molar-refractivity contribution in [1.82, 2.24) is 6.15 Å². The summed E-state index contributed by atoms with van der Waals surface area (Å²) in [6.45, 7) is 4.41. The molecular weight excluding hydrogens is 106 g/mol. The Bertz CT molecular complexity index is 20.0. The Kier molecular flexibility index (Phi) is 14.1. The molecule has 0 radical (unpaired) electrons. The van der Waals surface area contributed by atoms with Gasteiger partial charge in [-0.25, -0.2) is 0 Å². The van der Waals surface area contributed by atoms with Crippen molar-refractivity contribution in [2.75, 3.05) is 11.5 Å². The molecule has 0 aromatic carbocycles. The first-order valence-corrected chi connectivity index (χ1v) is 3.65. The quantitative estimate of drug-likeness (QED) is 0.581. The first kappa shape index (κ1) is 10.3. The summed E-state index contributed by atoms with van der Waals surface area (Å²) in [4.78, 5) is 0. The number of hydrogen-bond acceptors (Lipinski definition) is 2. The molecule has 0 aromatic heterocycles. The molecule has 0 fully saturated rings. The Balaban J connectivity index is 0. The Hall–Kier alpha value is 0.310. The molecular formula is C5H15NS. The summed E-state index contributed by atoms with van der Waals surface area (Å²) in [6, 6.07) is 0. The maximum absolute atomic E-state index is 2.21. The first-order valence-electron chi connectivity index (χ1n) is 2.49. The maximum Gasteiger partial charge on any atom is -0.00703 e. The zero-order chi connectivity index (χ0) is 4.83. The molecule has 0 spiro atoms. The van der Waals surface area contributed by atoms with E-state index in [0.717, 1.165) is 0 Å². The molecule has 3 N–H and O–H groups in total. The average molecular weight is 121 g/mol. The molecule has 0 bridgehead atoms. The normalized spacial score (nSPS) is 7.71. The molecule has 0 aliphatic carbocycles. The van der Waals surface area contributed by atoms with Crippen LogP contribution >= 0.6 is 11.8 Å². The van der Waals surface area contributed by atoms with Crippen molar-refractivity contribution in [3.05, 3.63) is 0 Å². The molecule has 0 amide bonds. The van der Waals surface area contributed by atoms with Gasteiger partial charge in [-0.1, -0.05) is 13.8 Å². The minimum absolute atomic E-state index is 0. The van der Waals surface area contributed by atoms with Gasteiger partial charge in [-0.15, -0.1) is 0 Å². The topological polar surface area (TPSA) is 35.0 Å². The van der Waals surface area contributed by atoms with Crippen LogP contribution in [-0.4, -0.2) is 11.5 Å². The number of rotatable bonds is 3. The van der Waals surface area contributed by atoms with E-state index in [4.69, 9.17) is 0 Å². The number of thioether (sulfide) groups is 1. The smallest absolute Gasteiger partial charge is 0.00703 e. The van der Waals surface area contributed by atoms with E-state index in [-0.39, 0.29) is 6.15 Å². The van der Waals surface area contributed by atoms with Crippen molar-refractivity contribution in [3.63, 3.8) is 0 Å². The van der Waals surface area contributed by atoms with Crippen LogP contribution in [0.3, 0.4) is 0 Å². The predicted octanol–water partition coefficient (Wildman–Crippen LogP) is 2.31. The summed E-state index contributed by atoms with van der Waals surface area (Å²) in [5, 5.41) is 0. The Morgan fingerprint density at radius 2 is 1.86 bits per heavy atom. The van der Waals surface area contributed by atoms with Gasteiger partial charge in [0.1, 0.15) is 0 Å². The SMILES string of the molecule is CCCSCC.N. The van der Waals surface area contributed by atoms with Crippen molar-refractivity contribution in [1.29, 1.82) is 0 Å². The molecule has 0 saturated heterocycles. The molecule has 0 unspecified atom stereocenters. The molecule has 7 heavy (non-hydrogen) atoms. The summed E-state index contributed by atoms with van der Waals surface area (Å²) in [5.41, 5.74) is 0. The second-order valence-electron chi connectivity index (χ2n) is 1.20. The van der Waals surface area contributed by atoms with Crippen LogP contribution in [0.5, 0.6) is 0 Å². The van der Waals surface area contributed by atoms with Crippen LogP contribution in [0, 0.1) is 0 Å². The highest BCUT2D eigenvalue weighted by molar-refractivity contribution is 7.99. The van der Waals surface area contributed by atoms with Crippen LogP contribution in [0.25, 0.3) is 0 Å². The van der Waals surface area contributed by atoms with Gasteiger partial charge in [0.2, 0.25) is 0 Å². The zero-order valence-electron chi connectivity index (χ0n) is 5.24. The van der Waals surface area contributed by atoms with Gasteiger partial charge >= 0.3 is 0 Å². The lowest BCUT2D eigenvalue weighted by Crippen LogP contribution is -1.71. The third-order valence-electron chi connectivity index (χ3n) is 0.553. The average Bonchev–Trinajstić information content (AvgIpc) is 1.61. The molecule has 46 valence electrons. The highest BCUT2D eigenvalue weighted by Gasteiger charge is 1.74. The van der Waals surface area contributed by atoms with Gasteiger partial charge < -0.3 is 6.15 Å². The van der Waals surface area contributed by atoms with E-state index in [9.17, 15) is 0 Å². The molecule has 1 nitrogen and oxygen atoms in total. The number of hydrogen-bond donors (Lipinski definition) is 1. The summed E-state index contributed by atoms with van der Waals surface area (Å²) < 4.78 is 0. The molecule has 0 aliphatic rings. The van der Waals surface area contributed by atoms with Crippen LogP contribution in [0.2, 0.25) is 0 Å². The van der Waals surface area contributed by atoms with Crippen LogP contribution in [-0.2, 0) is 0 Å². The minimum atomic E-state index is 0. The van der Waals surface area contributed by atoms with E-state index in [1.54, 1.807) is 0 Å². The van der Waals surface area contributed by atoms with Crippen LogP contribution < -0.4 is 6.15 Å². The van der Waals surface area contributed by atoms with E-state index >= 15 is 0 Å². The lowest BCUT2D eigenvalue weighted by Gasteiger charge is -1.87. The summed E-state index contributed by atoms with van der Waals surface area (Å²) in [5.74, 6) is 2.60. The van der Waals surface area contributed by atoms with E-state index in [1.165, 1.54) is 17.9 Å². The van der Waals surface area contributed by atoms with Crippen molar-refractivity contribution in [3.8, 4) is 0 Å². The summed E-state index contributed by atoms with van der Waals surface area (Å²) >= 11 is 2.01. The van der Waals surface area contributed by atoms with Crippen molar-refractivity contribution < 1.29 is 0 Å². The van der Waals surface area contributed by atoms with Gasteiger partial charge in [-0.3, -0.25) is 0 Å². The Morgan fingerprint density at radius 1 is 1.29 bits per heavy atom. The molecule has 0 heterocycles. The largest absolute Gasteiger partial charge is 0.344 e. The molecule has 0 atom stereocenters. The molecule has 2 heteroatoms. The maximum atomic E-state index is 2.21. The summed E-state index contributed by atoms with van der Waals surface area (Å²) in [7, 11) is 0. The predicted molar refractivity (Wildman–Crippen MR) is 38.3 cm³/mol. The molecule has 0 aliphatic heterocycles. The highest BCUT2D eigenvalue weighted by atomic mass is 32.2. The lowest BCUT2D eigenvalue weighted by molar-refractivity contribution is 1.11. The highest BCUT2D eigenvalue weighted by Crippen LogP contribution is 1.98. The van der Waals surface area contributed by atoms with Gasteiger partial charge in [-0.2, -0.15) is 11.8 Å². The Labute approximate surface area is 50.5 Å². The standard InChI is InChI=1S/C5H12S.H3N/c1-3-5-6-4-2;/h3-5H2,1-2H3;1H3. The second kappa shape index (κ2) is 9.58. The fraction of sp³-hybridized carbons (Fsp3) is 1.00.